The molecule has 1 aromatic heterocycles. The van der Waals surface area contributed by atoms with E-state index in [2.05, 4.69) is 9.72 Å². The Balaban J connectivity index is 2.26. The van der Waals surface area contributed by atoms with Crippen molar-refractivity contribution in [3.63, 3.8) is 0 Å². The van der Waals surface area contributed by atoms with Crippen molar-refractivity contribution in [3.8, 4) is 0 Å². The van der Waals surface area contributed by atoms with Crippen LogP contribution in [0.3, 0.4) is 0 Å². The van der Waals surface area contributed by atoms with Crippen molar-refractivity contribution < 1.29 is 14.6 Å². The van der Waals surface area contributed by atoms with Crippen LogP contribution in [-0.4, -0.2) is 33.8 Å². The van der Waals surface area contributed by atoms with E-state index >= 15 is 0 Å². The standard InChI is InChI=1S/C14H19N3O3/c1-8-16-11-6-9(4-5-12(11)17(8)2)14(19)10(15)7-13(18)20-3/h4-6,10,14,19H,7,15H2,1-3H3. The number of benzene rings is 1. The number of imidazole rings is 1. The molecule has 0 bridgehead atoms. The number of aryl methyl sites for hydroxylation is 2. The zero-order valence-corrected chi connectivity index (χ0v) is 11.8. The quantitative estimate of drug-likeness (QED) is 0.807. The van der Waals surface area contributed by atoms with E-state index in [4.69, 9.17) is 5.73 Å². The van der Waals surface area contributed by atoms with Crippen molar-refractivity contribution in [3.05, 3.63) is 29.6 Å². The lowest BCUT2D eigenvalue weighted by atomic mass is 10.00. The fraction of sp³-hybridized carbons (Fsp3) is 0.429. The summed E-state index contributed by atoms with van der Waals surface area (Å²) in [4.78, 5) is 15.6. The molecule has 6 heteroatoms. The van der Waals surface area contributed by atoms with Crippen LogP contribution in [0.15, 0.2) is 18.2 Å². The fourth-order valence-electron chi connectivity index (χ4n) is 2.16. The molecule has 1 heterocycles. The summed E-state index contributed by atoms with van der Waals surface area (Å²) >= 11 is 0. The highest BCUT2D eigenvalue weighted by Crippen LogP contribution is 2.23. The van der Waals surface area contributed by atoms with E-state index in [0.717, 1.165) is 16.9 Å². The lowest BCUT2D eigenvalue weighted by Crippen LogP contribution is -2.31. The number of rotatable bonds is 4. The number of nitrogens with zero attached hydrogens (tertiary/aromatic N) is 2. The van der Waals surface area contributed by atoms with E-state index < -0.39 is 18.1 Å². The number of hydrogen-bond acceptors (Lipinski definition) is 5. The largest absolute Gasteiger partial charge is 0.469 e. The summed E-state index contributed by atoms with van der Waals surface area (Å²) in [5.41, 5.74) is 8.26. The van der Waals surface area contributed by atoms with Gasteiger partial charge in [-0.15, -0.1) is 0 Å². The number of aliphatic hydroxyl groups excluding tert-OH is 1. The monoisotopic (exact) mass is 277 g/mol. The lowest BCUT2D eigenvalue weighted by Gasteiger charge is -2.18. The van der Waals surface area contributed by atoms with Gasteiger partial charge in [-0.05, 0) is 24.6 Å². The first-order chi connectivity index (χ1) is 9.43. The van der Waals surface area contributed by atoms with Crippen molar-refractivity contribution in [1.82, 2.24) is 9.55 Å². The molecule has 0 aliphatic rings. The van der Waals surface area contributed by atoms with E-state index in [9.17, 15) is 9.90 Å². The van der Waals surface area contributed by atoms with Gasteiger partial charge in [0.25, 0.3) is 0 Å². The van der Waals surface area contributed by atoms with Crippen LogP contribution in [-0.2, 0) is 16.6 Å². The van der Waals surface area contributed by atoms with Crippen LogP contribution < -0.4 is 5.73 Å². The van der Waals surface area contributed by atoms with E-state index in [-0.39, 0.29) is 6.42 Å². The SMILES string of the molecule is COC(=O)CC(N)C(O)c1ccc2c(c1)nc(C)n2C. The van der Waals surface area contributed by atoms with Gasteiger partial charge in [0.2, 0.25) is 0 Å². The predicted molar refractivity (Wildman–Crippen MR) is 75.0 cm³/mol. The van der Waals surface area contributed by atoms with Gasteiger partial charge in [-0.2, -0.15) is 0 Å². The molecule has 20 heavy (non-hydrogen) atoms. The smallest absolute Gasteiger partial charge is 0.307 e. The zero-order valence-electron chi connectivity index (χ0n) is 11.8. The molecule has 0 fully saturated rings. The molecule has 1 aromatic carbocycles. The maximum Gasteiger partial charge on any atom is 0.307 e. The highest BCUT2D eigenvalue weighted by atomic mass is 16.5. The van der Waals surface area contributed by atoms with Gasteiger partial charge in [0.1, 0.15) is 5.82 Å². The second-order valence-corrected chi connectivity index (χ2v) is 4.86. The van der Waals surface area contributed by atoms with Gasteiger partial charge in [0, 0.05) is 13.1 Å². The number of carbonyl (C=O) groups excluding carboxylic acids is 1. The second kappa shape index (κ2) is 5.60. The van der Waals surface area contributed by atoms with Gasteiger partial charge in [0.15, 0.2) is 0 Å². The predicted octanol–water partition coefficient (Wildman–Crippen LogP) is 0.806. The Morgan fingerprint density at radius 3 is 2.90 bits per heavy atom. The van der Waals surface area contributed by atoms with Crippen molar-refractivity contribution in [2.24, 2.45) is 12.8 Å². The van der Waals surface area contributed by atoms with Crippen LogP contribution in [0, 0.1) is 6.92 Å². The van der Waals surface area contributed by atoms with Gasteiger partial charge < -0.3 is 20.1 Å². The molecule has 0 aliphatic heterocycles. The third-order valence-corrected chi connectivity index (χ3v) is 3.51. The third-order valence-electron chi connectivity index (χ3n) is 3.51. The Hall–Kier alpha value is -1.92. The summed E-state index contributed by atoms with van der Waals surface area (Å²) in [6, 6.07) is 4.78. The van der Waals surface area contributed by atoms with Gasteiger partial charge in [-0.1, -0.05) is 6.07 Å². The summed E-state index contributed by atoms with van der Waals surface area (Å²) in [7, 11) is 3.23. The number of ether oxygens (including phenoxy) is 1. The van der Waals surface area contributed by atoms with Crippen LogP contribution in [0.4, 0.5) is 0 Å². The van der Waals surface area contributed by atoms with E-state index in [1.54, 1.807) is 12.1 Å². The molecule has 0 radical (unpaired) electrons. The molecule has 2 atom stereocenters. The summed E-state index contributed by atoms with van der Waals surface area (Å²) in [6.07, 6.45) is -0.961. The average Bonchev–Trinajstić information content (AvgIpc) is 2.72. The van der Waals surface area contributed by atoms with Gasteiger partial charge in [-0.3, -0.25) is 4.79 Å². The third kappa shape index (κ3) is 2.66. The molecule has 6 nitrogen and oxygen atoms in total. The first-order valence-corrected chi connectivity index (χ1v) is 6.37. The number of carbonyl (C=O) groups is 1. The number of esters is 1. The second-order valence-electron chi connectivity index (χ2n) is 4.86. The summed E-state index contributed by atoms with van der Waals surface area (Å²) in [5.74, 6) is 0.455. The minimum Gasteiger partial charge on any atom is -0.469 e. The number of nitrogens with two attached hydrogens (primary N) is 1. The van der Waals surface area contributed by atoms with Crippen LogP contribution >= 0.6 is 0 Å². The number of aromatic nitrogens is 2. The van der Waals surface area contributed by atoms with Crippen LogP contribution in [0.1, 0.15) is 23.9 Å². The molecular formula is C14H19N3O3. The zero-order chi connectivity index (χ0) is 14.9. The molecule has 0 spiro atoms. The number of methoxy groups -OCH3 is 1. The molecule has 0 saturated carbocycles. The Morgan fingerprint density at radius 2 is 2.25 bits per heavy atom. The van der Waals surface area contributed by atoms with Crippen LogP contribution in [0.5, 0.6) is 0 Å². The van der Waals surface area contributed by atoms with E-state index in [0.29, 0.717) is 5.56 Å². The molecular weight excluding hydrogens is 258 g/mol. The molecule has 3 N–H and O–H groups in total. The average molecular weight is 277 g/mol. The minimum absolute atomic E-state index is 0.0308. The van der Waals surface area contributed by atoms with Gasteiger partial charge in [0.05, 0.1) is 30.7 Å². The Labute approximate surface area is 117 Å². The molecule has 0 aliphatic carbocycles. The molecule has 2 aromatic rings. The lowest BCUT2D eigenvalue weighted by molar-refractivity contribution is -0.141. The molecule has 2 rings (SSSR count). The van der Waals surface area contributed by atoms with E-state index in [1.165, 1.54) is 7.11 Å². The topological polar surface area (TPSA) is 90.4 Å². The number of fused-ring (bicyclic) bond motifs is 1. The normalized spacial score (nSPS) is 14.2. The Bertz CT molecular complexity index is 636. The minimum atomic E-state index is -0.930. The molecule has 0 saturated heterocycles. The molecule has 108 valence electrons. The van der Waals surface area contributed by atoms with Crippen molar-refractivity contribution in [1.29, 1.82) is 0 Å². The summed E-state index contributed by atoms with van der Waals surface area (Å²) < 4.78 is 6.52. The van der Waals surface area contributed by atoms with Crippen molar-refractivity contribution >= 4 is 17.0 Å². The maximum atomic E-state index is 11.2. The highest BCUT2D eigenvalue weighted by molar-refractivity contribution is 5.77. The fourth-order valence-corrected chi connectivity index (χ4v) is 2.16. The number of aliphatic hydroxyl groups is 1. The Kier molecular flexibility index (Phi) is 4.06. The van der Waals surface area contributed by atoms with Crippen molar-refractivity contribution in [2.45, 2.75) is 25.5 Å². The van der Waals surface area contributed by atoms with Crippen molar-refractivity contribution in [2.75, 3.05) is 7.11 Å². The summed E-state index contributed by atoms with van der Waals surface area (Å²) in [6.45, 7) is 1.92. The first kappa shape index (κ1) is 14.5. The van der Waals surface area contributed by atoms with Gasteiger partial charge >= 0.3 is 5.97 Å². The maximum absolute atomic E-state index is 11.2. The van der Waals surface area contributed by atoms with Crippen LogP contribution in [0.2, 0.25) is 0 Å². The number of hydrogen-bond donors (Lipinski definition) is 2. The first-order valence-electron chi connectivity index (χ1n) is 6.37. The molecule has 2 unspecified atom stereocenters. The summed E-state index contributed by atoms with van der Waals surface area (Å²) in [5, 5.41) is 10.2. The Morgan fingerprint density at radius 1 is 1.55 bits per heavy atom. The van der Waals surface area contributed by atoms with E-state index in [1.807, 2.05) is 24.6 Å². The highest BCUT2D eigenvalue weighted by Gasteiger charge is 2.21. The van der Waals surface area contributed by atoms with Crippen LogP contribution in [0.25, 0.3) is 11.0 Å². The van der Waals surface area contributed by atoms with Gasteiger partial charge in [-0.25, -0.2) is 4.98 Å². The molecule has 0 amide bonds.